The number of morpholine rings is 1. The van der Waals surface area contributed by atoms with Gasteiger partial charge in [-0.15, -0.1) is 0 Å². The van der Waals surface area contributed by atoms with Crippen LogP contribution in [-0.4, -0.2) is 90.2 Å². The van der Waals surface area contributed by atoms with Gasteiger partial charge < -0.3 is 29.6 Å². The lowest BCUT2D eigenvalue weighted by Crippen LogP contribution is -2.41. The van der Waals surface area contributed by atoms with Gasteiger partial charge in [-0.1, -0.05) is 30.8 Å². The van der Waals surface area contributed by atoms with Crippen LogP contribution in [0.1, 0.15) is 34.4 Å². The second kappa shape index (κ2) is 17.8. The molecule has 0 aliphatic carbocycles. The van der Waals surface area contributed by atoms with Crippen LogP contribution in [0.2, 0.25) is 0 Å². The van der Waals surface area contributed by atoms with Gasteiger partial charge in [-0.3, -0.25) is 15.0 Å². The fourth-order valence-corrected chi connectivity index (χ4v) is 6.42. The van der Waals surface area contributed by atoms with Gasteiger partial charge >= 0.3 is 6.03 Å². The monoisotopic (exact) mass is 768 g/mol. The Labute approximate surface area is 330 Å². The van der Waals surface area contributed by atoms with Gasteiger partial charge in [-0.25, -0.2) is 14.5 Å². The first-order valence-electron chi connectivity index (χ1n) is 18.5. The van der Waals surface area contributed by atoms with Crippen LogP contribution in [0.25, 0.3) is 22.0 Å². The van der Waals surface area contributed by atoms with Crippen molar-refractivity contribution in [3.8, 4) is 28.8 Å². The zero-order valence-electron chi connectivity index (χ0n) is 32.1. The Morgan fingerprint density at radius 1 is 0.877 bits per heavy atom. The first-order valence-corrected chi connectivity index (χ1v) is 18.5. The molecular formula is C43H44N8O6. The van der Waals surface area contributed by atoms with E-state index in [1.807, 2.05) is 67.6 Å². The van der Waals surface area contributed by atoms with Crippen molar-refractivity contribution in [1.29, 1.82) is 0 Å². The number of nitrogens with one attached hydrogen (secondary N) is 3. The summed E-state index contributed by atoms with van der Waals surface area (Å²) in [5.41, 5.74) is 4.03. The van der Waals surface area contributed by atoms with Crippen LogP contribution < -0.4 is 30.2 Å². The molecule has 1 aliphatic heterocycles. The maximum Gasteiger partial charge on any atom is 0.324 e. The lowest BCUT2D eigenvalue weighted by atomic mass is 10.1. The lowest BCUT2D eigenvalue weighted by molar-refractivity contribution is 0.0383. The van der Waals surface area contributed by atoms with Gasteiger partial charge in [0.25, 0.3) is 5.91 Å². The summed E-state index contributed by atoms with van der Waals surface area (Å²) in [7, 11) is 3.17. The van der Waals surface area contributed by atoms with Gasteiger partial charge in [-0.2, -0.15) is 10.1 Å². The van der Waals surface area contributed by atoms with Gasteiger partial charge in [0.15, 0.2) is 0 Å². The van der Waals surface area contributed by atoms with Crippen LogP contribution in [-0.2, 0) is 11.2 Å². The minimum absolute atomic E-state index is 0.180. The van der Waals surface area contributed by atoms with E-state index in [0.29, 0.717) is 77.9 Å². The molecule has 1 saturated heterocycles. The molecule has 57 heavy (non-hydrogen) atoms. The number of nitrogens with zero attached hydrogens (tertiary/aromatic N) is 5. The van der Waals surface area contributed by atoms with Crippen molar-refractivity contribution in [2.45, 2.75) is 13.3 Å². The molecule has 7 rings (SSSR count). The molecule has 0 radical (unpaired) electrons. The number of hydrogen-bond donors (Lipinski definition) is 3. The van der Waals surface area contributed by atoms with Crippen LogP contribution in [0.4, 0.5) is 16.3 Å². The second-order valence-electron chi connectivity index (χ2n) is 13.4. The van der Waals surface area contributed by atoms with Crippen molar-refractivity contribution in [3.63, 3.8) is 0 Å². The van der Waals surface area contributed by atoms with Crippen molar-refractivity contribution >= 4 is 39.8 Å². The summed E-state index contributed by atoms with van der Waals surface area (Å²) in [6, 6.07) is 27.0. The molecule has 1 aliphatic rings. The number of hydrogen-bond acceptors (Lipinski definition) is 10. The van der Waals surface area contributed by atoms with Gasteiger partial charge in [-0.05, 0) is 72.7 Å². The molecule has 6 aromatic rings. The smallest absolute Gasteiger partial charge is 0.324 e. The zero-order valence-corrected chi connectivity index (χ0v) is 32.1. The van der Waals surface area contributed by atoms with E-state index in [-0.39, 0.29) is 5.91 Å². The number of carbonyl (C=O) groups excluding carboxylic acids is 2. The molecule has 0 spiro atoms. The number of aromatic nitrogens is 4. The molecule has 2 aromatic heterocycles. The van der Waals surface area contributed by atoms with E-state index in [4.69, 9.17) is 18.9 Å². The van der Waals surface area contributed by atoms with E-state index < -0.39 is 6.03 Å². The fourth-order valence-electron chi connectivity index (χ4n) is 6.42. The Morgan fingerprint density at radius 2 is 1.65 bits per heavy atom. The first-order chi connectivity index (χ1) is 27.8. The van der Waals surface area contributed by atoms with Crippen molar-refractivity contribution in [1.82, 2.24) is 30.0 Å². The first kappa shape index (κ1) is 38.5. The van der Waals surface area contributed by atoms with Crippen molar-refractivity contribution in [3.05, 3.63) is 126 Å². The number of ether oxygens (including phenoxy) is 4. The van der Waals surface area contributed by atoms with E-state index in [1.165, 1.54) is 0 Å². The highest BCUT2D eigenvalue weighted by molar-refractivity contribution is 6.07. The summed E-state index contributed by atoms with van der Waals surface area (Å²) in [6.45, 7) is 10.3. The third kappa shape index (κ3) is 9.55. The van der Waals surface area contributed by atoms with Crippen molar-refractivity contribution < 1.29 is 28.5 Å². The quantitative estimate of drug-likeness (QED) is 0.106. The van der Waals surface area contributed by atoms with E-state index in [9.17, 15) is 9.59 Å². The third-order valence-electron chi connectivity index (χ3n) is 9.38. The highest BCUT2D eigenvalue weighted by Crippen LogP contribution is 2.34. The Bertz CT molecular complexity index is 2390. The van der Waals surface area contributed by atoms with Crippen LogP contribution in [0.5, 0.6) is 23.1 Å². The van der Waals surface area contributed by atoms with Crippen molar-refractivity contribution in [2.24, 2.45) is 0 Å². The maximum absolute atomic E-state index is 13.5. The van der Waals surface area contributed by atoms with Gasteiger partial charge in [0, 0.05) is 67.3 Å². The van der Waals surface area contributed by atoms with Crippen LogP contribution in [0.3, 0.4) is 0 Å². The Morgan fingerprint density at radius 3 is 2.40 bits per heavy atom. The average Bonchev–Trinajstić information content (AvgIpc) is 3.66. The Hall–Kier alpha value is -6.77. The molecule has 0 saturated carbocycles. The predicted molar refractivity (Wildman–Crippen MR) is 219 cm³/mol. The van der Waals surface area contributed by atoms with Gasteiger partial charge in [0.2, 0.25) is 5.88 Å². The minimum atomic E-state index is -0.455. The fraction of sp³-hybridized carbons (Fsp3) is 0.233. The van der Waals surface area contributed by atoms with E-state index in [1.54, 1.807) is 55.4 Å². The van der Waals surface area contributed by atoms with Crippen molar-refractivity contribution in [2.75, 3.05) is 64.2 Å². The molecule has 0 bridgehead atoms. The topological polar surface area (TPSA) is 154 Å². The molecule has 1 fully saturated rings. The number of urea groups is 1. The number of anilines is 2. The average molecular weight is 769 g/mol. The number of allylic oxidation sites excluding steroid dienone is 1. The standard InChI is InChI=1S/C43H44N8O6/c1-28(2)37-27-40(51(49-37)31-9-11-32(54-3)12-10-31)48-43(53)46-36-13-14-38(35-8-6-5-7-34(35)36)57-41-15-16-44-39(47-41)25-29-23-30(26-33(24-29)55-4)42(52)45-17-18-50-19-21-56-22-20-50/h5-16,23-24,26-27H,1,17-22,25H2,2-4H3,(H,45,52)(H2,46,48,53). The molecule has 3 heterocycles. The SMILES string of the molecule is C=C(C)c1cc(NC(=O)Nc2ccc(Oc3ccnc(Cc4cc(OC)cc(C(=O)NCCN5CCOCC5)c4)n3)c3ccccc23)n(-c2ccc(OC)cc2)n1. The summed E-state index contributed by atoms with van der Waals surface area (Å²) in [6.07, 6.45) is 1.97. The molecule has 0 unspecified atom stereocenters. The molecule has 4 aromatic carbocycles. The van der Waals surface area contributed by atoms with Gasteiger partial charge in [0.05, 0.1) is 44.5 Å². The third-order valence-corrected chi connectivity index (χ3v) is 9.38. The number of benzene rings is 4. The Kier molecular flexibility index (Phi) is 12.0. The summed E-state index contributed by atoms with van der Waals surface area (Å²) in [4.78, 5) is 38.0. The summed E-state index contributed by atoms with van der Waals surface area (Å²) in [5, 5.41) is 15.1. The molecule has 3 N–H and O–H groups in total. The molecule has 292 valence electrons. The molecule has 14 heteroatoms. The van der Waals surface area contributed by atoms with E-state index in [2.05, 4.69) is 42.5 Å². The normalized spacial score (nSPS) is 12.8. The Balaban J connectivity index is 1.04. The van der Waals surface area contributed by atoms with Crippen LogP contribution in [0.15, 0.2) is 104 Å². The van der Waals surface area contributed by atoms with Gasteiger partial charge in [0.1, 0.15) is 28.9 Å². The molecule has 0 atom stereocenters. The highest BCUT2D eigenvalue weighted by atomic mass is 16.5. The van der Waals surface area contributed by atoms with Crippen LogP contribution in [0, 0.1) is 0 Å². The summed E-state index contributed by atoms with van der Waals surface area (Å²) < 4.78 is 24.2. The zero-order chi connectivity index (χ0) is 39.7. The number of rotatable bonds is 14. The maximum atomic E-state index is 13.5. The highest BCUT2D eigenvalue weighted by Gasteiger charge is 2.17. The predicted octanol–water partition coefficient (Wildman–Crippen LogP) is 6.95. The lowest BCUT2D eigenvalue weighted by Gasteiger charge is -2.26. The number of amides is 3. The molecule has 14 nitrogen and oxygen atoms in total. The second-order valence-corrected chi connectivity index (χ2v) is 13.4. The summed E-state index contributed by atoms with van der Waals surface area (Å²) >= 11 is 0. The number of fused-ring (bicyclic) bond motifs is 1. The minimum Gasteiger partial charge on any atom is -0.497 e. The number of carbonyl (C=O) groups is 2. The number of methoxy groups -OCH3 is 2. The largest absolute Gasteiger partial charge is 0.497 e. The molecule has 3 amide bonds. The van der Waals surface area contributed by atoms with E-state index >= 15 is 0 Å². The van der Waals surface area contributed by atoms with Crippen LogP contribution >= 0.6 is 0 Å². The van der Waals surface area contributed by atoms with E-state index in [0.717, 1.165) is 47.2 Å². The summed E-state index contributed by atoms with van der Waals surface area (Å²) in [5.74, 6) is 2.94. The molecular weight excluding hydrogens is 725 g/mol.